The fourth-order valence-electron chi connectivity index (χ4n) is 3.58. The standard InChI is InChI=1S/C14H18FNO2.C9H18N2O.C3H8.C2H6/c1-14(2,3)18-13(17)16-7-6-10-4-5-12(15)8-11(10)9-16;1-9-2-5-11(6-3-9)7-4-10-8-12;1-3-2;1-2/h4-5,8H,6-7,9H2,1-3H3;8-9H,2-7H2,1H3,(H,10,12);3H2,1-2H3;1-2H3. The number of rotatable bonds is 4. The molecule has 1 fully saturated rings. The van der Waals surface area contributed by atoms with Crippen LogP contribution in [-0.2, 0) is 22.5 Å². The van der Waals surface area contributed by atoms with Crippen molar-refractivity contribution in [2.75, 3.05) is 32.7 Å². The first-order valence-corrected chi connectivity index (χ1v) is 13.2. The summed E-state index contributed by atoms with van der Waals surface area (Å²) < 4.78 is 18.5. The van der Waals surface area contributed by atoms with Crippen molar-refractivity contribution in [1.29, 1.82) is 0 Å². The molecule has 0 saturated carbocycles. The molecular formula is C28H50FN3O3. The van der Waals surface area contributed by atoms with Crippen LogP contribution in [0.4, 0.5) is 9.18 Å². The number of hydrogen-bond acceptors (Lipinski definition) is 4. The zero-order valence-corrected chi connectivity index (χ0v) is 23.5. The van der Waals surface area contributed by atoms with E-state index in [9.17, 15) is 14.0 Å². The molecule has 0 atom stereocenters. The summed E-state index contributed by atoms with van der Waals surface area (Å²) in [7, 11) is 0. The molecule has 0 unspecified atom stereocenters. The van der Waals surface area contributed by atoms with Gasteiger partial charge in [-0.2, -0.15) is 0 Å². The van der Waals surface area contributed by atoms with Gasteiger partial charge in [-0.1, -0.05) is 47.1 Å². The van der Waals surface area contributed by atoms with Crippen molar-refractivity contribution in [1.82, 2.24) is 15.1 Å². The minimum Gasteiger partial charge on any atom is -0.444 e. The van der Waals surface area contributed by atoms with Crippen LogP contribution in [0.5, 0.6) is 0 Å². The van der Waals surface area contributed by atoms with E-state index in [0.29, 0.717) is 13.1 Å². The Bertz CT molecular complexity index is 714. The smallest absolute Gasteiger partial charge is 0.410 e. The minimum absolute atomic E-state index is 0.264. The fraction of sp³-hybridized carbons (Fsp3) is 0.714. The summed E-state index contributed by atoms with van der Waals surface area (Å²) in [6.45, 7) is 21.3. The van der Waals surface area contributed by atoms with Gasteiger partial charge in [0.15, 0.2) is 0 Å². The van der Waals surface area contributed by atoms with Gasteiger partial charge < -0.3 is 19.9 Å². The van der Waals surface area contributed by atoms with E-state index in [1.165, 1.54) is 44.5 Å². The molecule has 0 aliphatic carbocycles. The van der Waals surface area contributed by atoms with Crippen molar-refractivity contribution < 1.29 is 18.7 Å². The van der Waals surface area contributed by atoms with E-state index in [4.69, 9.17) is 4.74 Å². The number of nitrogens with one attached hydrogen (secondary N) is 1. The molecule has 2 heterocycles. The highest BCUT2D eigenvalue weighted by molar-refractivity contribution is 5.68. The molecule has 1 saturated heterocycles. The first-order chi connectivity index (χ1) is 16.6. The minimum atomic E-state index is -0.501. The second kappa shape index (κ2) is 18.2. The highest BCUT2D eigenvalue weighted by Crippen LogP contribution is 2.21. The molecule has 1 N–H and O–H groups in total. The molecule has 2 aliphatic heterocycles. The molecule has 7 heteroatoms. The van der Waals surface area contributed by atoms with Gasteiger partial charge in [-0.3, -0.25) is 4.79 Å². The molecule has 1 aromatic carbocycles. The third-order valence-electron chi connectivity index (χ3n) is 5.36. The highest BCUT2D eigenvalue weighted by atomic mass is 19.1. The summed E-state index contributed by atoms with van der Waals surface area (Å²) in [5.41, 5.74) is 1.47. The second-order valence-electron chi connectivity index (χ2n) is 9.87. The third-order valence-corrected chi connectivity index (χ3v) is 5.36. The second-order valence-corrected chi connectivity index (χ2v) is 9.87. The molecule has 2 aliphatic rings. The van der Waals surface area contributed by atoms with E-state index < -0.39 is 5.60 Å². The summed E-state index contributed by atoms with van der Waals surface area (Å²) in [5, 5.41) is 2.68. The Kier molecular flexibility index (Phi) is 17.0. The zero-order chi connectivity index (χ0) is 26.9. The van der Waals surface area contributed by atoms with Gasteiger partial charge in [0.25, 0.3) is 0 Å². The predicted octanol–water partition coefficient (Wildman–Crippen LogP) is 6.03. The molecule has 1 aromatic rings. The normalized spacial score (nSPS) is 15.6. The molecule has 0 radical (unpaired) electrons. The van der Waals surface area contributed by atoms with E-state index in [2.05, 4.69) is 31.0 Å². The van der Waals surface area contributed by atoms with Crippen LogP contribution < -0.4 is 5.32 Å². The van der Waals surface area contributed by atoms with Gasteiger partial charge in [0.05, 0.1) is 0 Å². The Hall–Kier alpha value is -2.15. The van der Waals surface area contributed by atoms with Crippen molar-refractivity contribution in [2.24, 2.45) is 5.92 Å². The molecule has 2 amide bonds. The molecule has 0 spiro atoms. The SMILES string of the molecule is CC.CC(C)(C)OC(=O)N1CCc2ccc(F)cc2C1.CC1CCN(CCNC=O)CC1.CCC. The molecular weight excluding hydrogens is 445 g/mol. The molecule has 6 nitrogen and oxygen atoms in total. The van der Waals surface area contributed by atoms with Gasteiger partial charge in [0.2, 0.25) is 6.41 Å². The third kappa shape index (κ3) is 14.8. The van der Waals surface area contributed by atoms with Gasteiger partial charge in [-0.25, -0.2) is 9.18 Å². The molecule has 0 bridgehead atoms. The Labute approximate surface area is 213 Å². The predicted molar refractivity (Wildman–Crippen MR) is 143 cm³/mol. The Balaban J connectivity index is 0.000000589. The summed E-state index contributed by atoms with van der Waals surface area (Å²) in [4.78, 5) is 25.9. The van der Waals surface area contributed by atoms with Crippen LogP contribution in [-0.4, -0.2) is 60.6 Å². The van der Waals surface area contributed by atoms with E-state index in [0.717, 1.165) is 43.0 Å². The number of piperidine rings is 1. The van der Waals surface area contributed by atoms with Crippen LogP contribution in [0.2, 0.25) is 0 Å². The van der Waals surface area contributed by atoms with E-state index in [1.54, 1.807) is 11.0 Å². The summed E-state index contributed by atoms with van der Waals surface area (Å²) in [6.07, 6.45) is 5.04. The van der Waals surface area contributed by atoms with Crippen LogP contribution in [0.15, 0.2) is 18.2 Å². The first kappa shape index (κ1) is 32.8. The largest absolute Gasteiger partial charge is 0.444 e. The van der Waals surface area contributed by atoms with Crippen LogP contribution >= 0.6 is 0 Å². The van der Waals surface area contributed by atoms with Gasteiger partial charge in [-0.05, 0) is 82.3 Å². The number of benzene rings is 1. The van der Waals surface area contributed by atoms with Gasteiger partial charge >= 0.3 is 6.09 Å². The lowest BCUT2D eigenvalue weighted by molar-refractivity contribution is -0.109. The topological polar surface area (TPSA) is 61.9 Å². The van der Waals surface area contributed by atoms with Crippen LogP contribution in [0.1, 0.15) is 85.8 Å². The van der Waals surface area contributed by atoms with Crippen molar-refractivity contribution in [3.8, 4) is 0 Å². The van der Waals surface area contributed by atoms with Gasteiger partial charge in [0.1, 0.15) is 11.4 Å². The van der Waals surface area contributed by atoms with Crippen molar-refractivity contribution >= 4 is 12.5 Å². The number of nitrogens with zero attached hydrogens (tertiary/aromatic N) is 2. The molecule has 202 valence electrons. The van der Waals surface area contributed by atoms with Crippen LogP contribution in [0, 0.1) is 11.7 Å². The van der Waals surface area contributed by atoms with Crippen molar-refractivity contribution in [3.05, 3.63) is 35.1 Å². The highest BCUT2D eigenvalue weighted by Gasteiger charge is 2.25. The number of halogens is 1. The quantitative estimate of drug-likeness (QED) is 0.409. The van der Waals surface area contributed by atoms with Crippen molar-refractivity contribution in [3.63, 3.8) is 0 Å². The van der Waals surface area contributed by atoms with E-state index in [1.807, 2.05) is 34.6 Å². The van der Waals surface area contributed by atoms with E-state index >= 15 is 0 Å². The fourth-order valence-corrected chi connectivity index (χ4v) is 3.58. The number of ether oxygens (including phenoxy) is 1. The zero-order valence-electron chi connectivity index (χ0n) is 23.5. The maximum absolute atomic E-state index is 13.2. The lowest BCUT2D eigenvalue weighted by Crippen LogP contribution is -2.39. The first-order valence-electron chi connectivity index (χ1n) is 13.2. The van der Waals surface area contributed by atoms with Crippen molar-refractivity contribution in [2.45, 2.75) is 93.2 Å². The number of likely N-dealkylation sites (tertiary alicyclic amines) is 1. The average molecular weight is 496 g/mol. The number of carbonyl (C=O) groups excluding carboxylic acids is 2. The number of hydrogen-bond donors (Lipinski definition) is 1. The number of amides is 2. The van der Waals surface area contributed by atoms with Crippen LogP contribution in [0.25, 0.3) is 0 Å². The Morgan fingerprint density at radius 3 is 2.29 bits per heavy atom. The molecule has 3 rings (SSSR count). The Morgan fingerprint density at radius 2 is 1.74 bits per heavy atom. The van der Waals surface area contributed by atoms with Crippen LogP contribution in [0.3, 0.4) is 0 Å². The van der Waals surface area contributed by atoms with Gasteiger partial charge in [0, 0.05) is 26.2 Å². The van der Waals surface area contributed by atoms with E-state index in [-0.39, 0.29) is 11.9 Å². The number of fused-ring (bicyclic) bond motifs is 1. The lowest BCUT2D eigenvalue weighted by atomic mass is 9.99. The maximum Gasteiger partial charge on any atom is 0.410 e. The Morgan fingerprint density at radius 1 is 1.14 bits per heavy atom. The molecule has 35 heavy (non-hydrogen) atoms. The number of carbonyl (C=O) groups is 2. The lowest BCUT2D eigenvalue weighted by Gasteiger charge is -2.31. The average Bonchev–Trinajstić information content (AvgIpc) is 2.81. The maximum atomic E-state index is 13.2. The molecule has 0 aromatic heterocycles. The summed E-state index contributed by atoms with van der Waals surface area (Å²) >= 11 is 0. The monoisotopic (exact) mass is 495 g/mol. The summed E-state index contributed by atoms with van der Waals surface area (Å²) in [6, 6.07) is 4.74. The van der Waals surface area contributed by atoms with Gasteiger partial charge in [-0.15, -0.1) is 0 Å². The summed E-state index contributed by atoms with van der Waals surface area (Å²) in [5.74, 6) is 0.625.